The molecule has 0 saturated carbocycles. The number of aryl methyl sites for hydroxylation is 2. The van der Waals surface area contributed by atoms with Gasteiger partial charge in [0.05, 0.1) is 17.8 Å². The largest absolute Gasteiger partial charge is 0.437 e. The van der Waals surface area contributed by atoms with Crippen molar-refractivity contribution in [3.05, 3.63) is 46.4 Å². The average Bonchev–Trinajstić information content (AvgIpc) is 2.36. The zero-order valence-electron chi connectivity index (χ0n) is 10.1. The Morgan fingerprint density at radius 2 is 1.83 bits per heavy atom. The van der Waals surface area contributed by atoms with Gasteiger partial charge in [-0.25, -0.2) is 4.98 Å². The minimum absolute atomic E-state index is 0.308. The van der Waals surface area contributed by atoms with Crippen LogP contribution in [0.5, 0.6) is 11.6 Å². The van der Waals surface area contributed by atoms with Crippen molar-refractivity contribution in [3.8, 4) is 11.6 Å². The minimum atomic E-state index is 0.308. The first-order valence-electron chi connectivity index (χ1n) is 5.41. The molecule has 0 aliphatic rings. The molecule has 0 amide bonds. The molecular formula is C13H12Cl2N2O. The molecule has 0 N–H and O–H groups in total. The molecule has 5 heteroatoms. The minimum Gasteiger partial charge on any atom is -0.437 e. The van der Waals surface area contributed by atoms with Crippen molar-refractivity contribution in [2.75, 3.05) is 0 Å². The first-order valence-corrected chi connectivity index (χ1v) is 6.33. The monoisotopic (exact) mass is 282 g/mol. The van der Waals surface area contributed by atoms with E-state index in [1.807, 2.05) is 26.0 Å². The van der Waals surface area contributed by atoms with Crippen LogP contribution in [0.2, 0.25) is 5.02 Å². The summed E-state index contributed by atoms with van der Waals surface area (Å²) < 4.78 is 5.65. The van der Waals surface area contributed by atoms with E-state index in [0.29, 0.717) is 23.2 Å². The molecule has 0 aliphatic carbocycles. The summed E-state index contributed by atoms with van der Waals surface area (Å²) in [4.78, 5) is 8.23. The van der Waals surface area contributed by atoms with Gasteiger partial charge in [-0.05, 0) is 37.1 Å². The summed E-state index contributed by atoms with van der Waals surface area (Å²) in [6, 6.07) is 3.73. The van der Waals surface area contributed by atoms with Crippen molar-refractivity contribution in [3.63, 3.8) is 0 Å². The fourth-order valence-electron chi connectivity index (χ4n) is 1.59. The molecule has 0 radical (unpaired) electrons. The number of hydrogen-bond donors (Lipinski definition) is 0. The van der Waals surface area contributed by atoms with E-state index in [0.717, 1.165) is 16.1 Å². The summed E-state index contributed by atoms with van der Waals surface area (Å²) in [6.07, 6.45) is 3.16. The van der Waals surface area contributed by atoms with Gasteiger partial charge in [0.1, 0.15) is 5.75 Å². The lowest BCUT2D eigenvalue weighted by Crippen LogP contribution is -1.94. The summed E-state index contributed by atoms with van der Waals surface area (Å²) in [7, 11) is 0. The maximum atomic E-state index is 6.10. The lowest BCUT2D eigenvalue weighted by Gasteiger charge is -2.09. The Labute approximate surface area is 116 Å². The molecule has 0 unspecified atom stereocenters. The number of rotatable bonds is 3. The zero-order chi connectivity index (χ0) is 13.1. The van der Waals surface area contributed by atoms with Gasteiger partial charge in [-0.15, -0.1) is 11.6 Å². The van der Waals surface area contributed by atoms with Crippen LogP contribution in [0.1, 0.15) is 16.8 Å². The summed E-state index contributed by atoms with van der Waals surface area (Å²) in [5, 5.41) is 0.753. The fourth-order valence-corrected chi connectivity index (χ4v) is 1.82. The van der Waals surface area contributed by atoms with Gasteiger partial charge in [0.25, 0.3) is 0 Å². The second-order valence-corrected chi connectivity index (χ2v) is 4.60. The van der Waals surface area contributed by atoms with Gasteiger partial charge in [0.15, 0.2) is 0 Å². The van der Waals surface area contributed by atoms with Crippen molar-refractivity contribution >= 4 is 23.2 Å². The lowest BCUT2D eigenvalue weighted by atomic mass is 10.1. The first-order chi connectivity index (χ1) is 8.60. The molecule has 0 bridgehead atoms. The Morgan fingerprint density at radius 1 is 1.17 bits per heavy atom. The number of hydrogen-bond acceptors (Lipinski definition) is 3. The van der Waals surface area contributed by atoms with Crippen molar-refractivity contribution < 1.29 is 4.74 Å². The van der Waals surface area contributed by atoms with E-state index in [9.17, 15) is 0 Å². The molecule has 0 spiro atoms. The van der Waals surface area contributed by atoms with Crippen LogP contribution in [0.15, 0.2) is 24.5 Å². The second-order valence-electron chi connectivity index (χ2n) is 3.96. The van der Waals surface area contributed by atoms with Crippen LogP contribution in [0.4, 0.5) is 0 Å². The molecule has 0 aliphatic heterocycles. The number of aromatic nitrogens is 2. The van der Waals surface area contributed by atoms with Gasteiger partial charge >= 0.3 is 0 Å². The van der Waals surface area contributed by atoms with Crippen LogP contribution < -0.4 is 4.74 Å². The van der Waals surface area contributed by atoms with Crippen LogP contribution in [-0.2, 0) is 5.88 Å². The maximum Gasteiger partial charge on any atom is 0.238 e. The predicted molar refractivity (Wildman–Crippen MR) is 72.6 cm³/mol. The topological polar surface area (TPSA) is 35.0 Å². The smallest absolute Gasteiger partial charge is 0.238 e. The van der Waals surface area contributed by atoms with Gasteiger partial charge in [0.2, 0.25) is 5.88 Å². The summed E-state index contributed by atoms with van der Waals surface area (Å²) >= 11 is 11.8. The van der Waals surface area contributed by atoms with Crippen LogP contribution >= 0.6 is 23.2 Å². The van der Waals surface area contributed by atoms with E-state index >= 15 is 0 Å². The normalized spacial score (nSPS) is 10.4. The summed E-state index contributed by atoms with van der Waals surface area (Å²) in [5.74, 6) is 1.42. The Bertz CT molecular complexity index is 550. The highest BCUT2D eigenvalue weighted by Gasteiger charge is 2.06. The van der Waals surface area contributed by atoms with Crippen LogP contribution in [0, 0.1) is 13.8 Å². The zero-order valence-corrected chi connectivity index (χ0v) is 11.6. The van der Waals surface area contributed by atoms with Crippen molar-refractivity contribution in [1.29, 1.82) is 0 Å². The van der Waals surface area contributed by atoms with E-state index in [1.54, 1.807) is 12.4 Å². The quantitative estimate of drug-likeness (QED) is 0.789. The van der Waals surface area contributed by atoms with Gasteiger partial charge in [-0.3, -0.25) is 4.98 Å². The molecule has 1 heterocycles. The molecule has 0 saturated heterocycles. The third-order valence-corrected chi connectivity index (χ3v) is 3.30. The van der Waals surface area contributed by atoms with Gasteiger partial charge in [0, 0.05) is 11.2 Å². The van der Waals surface area contributed by atoms with E-state index in [-0.39, 0.29) is 0 Å². The average molecular weight is 283 g/mol. The van der Waals surface area contributed by atoms with Crippen molar-refractivity contribution in [2.45, 2.75) is 19.7 Å². The van der Waals surface area contributed by atoms with E-state index < -0.39 is 0 Å². The summed E-state index contributed by atoms with van der Waals surface area (Å²) in [5.41, 5.74) is 2.61. The SMILES string of the molecule is Cc1cc(Oc2cncc(CCl)n2)cc(C)c1Cl. The Kier molecular flexibility index (Phi) is 4.04. The predicted octanol–water partition coefficient (Wildman–Crippen LogP) is 4.28. The molecule has 3 nitrogen and oxygen atoms in total. The summed E-state index contributed by atoms with van der Waals surface area (Å²) in [6.45, 7) is 3.87. The van der Waals surface area contributed by atoms with Crippen LogP contribution in [-0.4, -0.2) is 9.97 Å². The van der Waals surface area contributed by atoms with Gasteiger partial charge < -0.3 is 4.74 Å². The highest BCUT2D eigenvalue weighted by molar-refractivity contribution is 6.32. The number of alkyl halides is 1. The second kappa shape index (κ2) is 5.55. The van der Waals surface area contributed by atoms with Gasteiger partial charge in [-0.1, -0.05) is 11.6 Å². The van der Waals surface area contributed by atoms with E-state index in [2.05, 4.69) is 9.97 Å². The highest BCUT2D eigenvalue weighted by atomic mass is 35.5. The molecule has 0 atom stereocenters. The Balaban J connectivity index is 2.28. The van der Waals surface area contributed by atoms with Crippen LogP contribution in [0.3, 0.4) is 0 Å². The Hall–Kier alpha value is -1.32. The van der Waals surface area contributed by atoms with Crippen molar-refractivity contribution in [1.82, 2.24) is 9.97 Å². The lowest BCUT2D eigenvalue weighted by molar-refractivity contribution is 0.458. The molecule has 2 rings (SSSR count). The third kappa shape index (κ3) is 2.92. The van der Waals surface area contributed by atoms with Gasteiger partial charge in [-0.2, -0.15) is 0 Å². The van der Waals surface area contributed by atoms with Crippen LogP contribution in [0.25, 0.3) is 0 Å². The number of benzene rings is 1. The third-order valence-electron chi connectivity index (χ3n) is 2.43. The molecule has 1 aromatic heterocycles. The Morgan fingerprint density at radius 3 is 2.44 bits per heavy atom. The molecule has 2 aromatic rings. The molecule has 1 aromatic carbocycles. The fraction of sp³-hybridized carbons (Fsp3) is 0.231. The molecule has 18 heavy (non-hydrogen) atoms. The molecular weight excluding hydrogens is 271 g/mol. The van der Waals surface area contributed by atoms with Crippen molar-refractivity contribution in [2.24, 2.45) is 0 Å². The number of ether oxygens (including phenoxy) is 1. The van der Waals surface area contributed by atoms with E-state index in [1.165, 1.54) is 0 Å². The number of nitrogens with zero attached hydrogens (tertiary/aromatic N) is 2. The molecule has 0 fully saturated rings. The highest BCUT2D eigenvalue weighted by Crippen LogP contribution is 2.28. The standard InChI is InChI=1S/C13H12Cl2N2O/c1-8-3-11(4-9(2)13(8)15)18-12-7-16-6-10(5-14)17-12/h3-4,6-7H,5H2,1-2H3. The number of halogens is 2. The van der Waals surface area contributed by atoms with E-state index in [4.69, 9.17) is 27.9 Å². The maximum absolute atomic E-state index is 6.10. The molecule has 94 valence electrons. The first kappa shape index (κ1) is 13.1.